The number of hydrogen-bond donors (Lipinski definition) is 2. The Bertz CT molecular complexity index is 504. The number of nitrogens with one attached hydrogen (secondary N) is 1. The lowest BCUT2D eigenvalue weighted by Gasteiger charge is -2.44. The predicted octanol–water partition coefficient (Wildman–Crippen LogP) is 3.11. The molecule has 25 heavy (non-hydrogen) atoms. The molecule has 4 unspecified atom stereocenters. The van der Waals surface area contributed by atoms with Crippen LogP contribution < -0.4 is 5.32 Å². The lowest BCUT2D eigenvalue weighted by molar-refractivity contribution is -0.393. The molecule has 4 nitrogen and oxygen atoms in total. The fourth-order valence-electron chi connectivity index (χ4n) is 3.13. The highest BCUT2D eigenvalue weighted by molar-refractivity contribution is 14.1. The number of carbonyl (C=O) groups excluding carboxylic acids is 1. The normalized spacial score (nSPS) is 30.5. The van der Waals surface area contributed by atoms with E-state index < -0.39 is 45.8 Å². The number of esters is 1. The molecule has 4 atom stereocenters. The van der Waals surface area contributed by atoms with Crippen LogP contribution in [0.25, 0.3) is 0 Å². The van der Waals surface area contributed by atoms with Gasteiger partial charge >= 0.3 is 18.3 Å². The third-order valence-corrected chi connectivity index (χ3v) is 6.02. The quantitative estimate of drug-likeness (QED) is 0.210. The van der Waals surface area contributed by atoms with Crippen LogP contribution in [0.5, 0.6) is 0 Å². The maximum Gasteiger partial charge on any atom is 0.426 e. The van der Waals surface area contributed by atoms with Gasteiger partial charge in [-0.05, 0) is 26.2 Å². The molecule has 1 saturated carbocycles. The number of rotatable bonds is 4. The van der Waals surface area contributed by atoms with Crippen LogP contribution in [-0.2, 0) is 9.53 Å². The Morgan fingerprint density at radius 1 is 1.12 bits per heavy atom. The summed E-state index contributed by atoms with van der Waals surface area (Å²) in [6.45, 7) is 2.01. The summed E-state index contributed by atoms with van der Waals surface area (Å²) in [4.78, 5) is 12.3. The number of alkyl halides is 7. The first-order chi connectivity index (χ1) is 11.2. The van der Waals surface area contributed by atoms with Gasteiger partial charge in [0.1, 0.15) is 9.53 Å². The van der Waals surface area contributed by atoms with Crippen LogP contribution in [0.4, 0.5) is 26.3 Å². The summed E-state index contributed by atoms with van der Waals surface area (Å²) < 4.78 is 82.8. The van der Waals surface area contributed by atoms with Crippen molar-refractivity contribution in [2.75, 3.05) is 6.54 Å². The first-order valence-corrected chi connectivity index (χ1v) is 8.80. The standard InChI is InChI=1S/C14H18F6INO3/c1-11(21,9-6-22-9)10(23)25-8-5-3-2-4-7(8)12(24,13(15,16)17)14(18,19)20/h7-9,22,24H,2-6H2,1H3. The molecule has 1 heterocycles. The van der Waals surface area contributed by atoms with Crippen LogP contribution in [0.15, 0.2) is 0 Å². The molecule has 2 fully saturated rings. The third kappa shape index (κ3) is 3.87. The van der Waals surface area contributed by atoms with Crippen molar-refractivity contribution in [2.45, 2.75) is 66.1 Å². The number of halogens is 7. The molecule has 0 aromatic heterocycles. The van der Waals surface area contributed by atoms with Crippen LogP contribution in [0.2, 0.25) is 0 Å². The van der Waals surface area contributed by atoms with Gasteiger partial charge in [0, 0.05) is 18.5 Å². The zero-order valence-electron chi connectivity index (χ0n) is 13.2. The molecule has 1 aliphatic carbocycles. The first-order valence-electron chi connectivity index (χ1n) is 7.72. The van der Waals surface area contributed by atoms with Crippen molar-refractivity contribution < 1.29 is 41.0 Å². The Morgan fingerprint density at radius 3 is 2.04 bits per heavy atom. The molecule has 0 spiro atoms. The minimum Gasteiger partial charge on any atom is -0.461 e. The summed E-state index contributed by atoms with van der Waals surface area (Å²) in [5.74, 6) is -3.17. The van der Waals surface area contributed by atoms with Gasteiger partial charge in [0.2, 0.25) is 0 Å². The minimum atomic E-state index is -5.93. The van der Waals surface area contributed by atoms with E-state index in [4.69, 9.17) is 4.74 Å². The fraction of sp³-hybridized carbons (Fsp3) is 0.929. The Kier molecular flexibility index (Phi) is 5.63. The van der Waals surface area contributed by atoms with Gasteiger partial charge in [0.25, 0.3) is 5.60 Å². The van der Waals surface area contributed by atoms with E-state index in [9.17, 15) is 36.2 Å². The fourth-order valence-corrected chi connectivity index (χ4v) is 3.70. The molecule has 2 N–H and O–H groups in total. The second-order valence-corrected chi connectivity index (χ2v) is 8.87. The van der Waals surface area contributed by atoms with Crippen LogP contribution in [0, 0.1) is 5.92 Å². The summed E-state index contributed by atoms with van der Waals surface area (Å²) in [5, 5.41) is 12.5. The summed E-state index contributed by atoms with van der Waals surface area (Å²) in [5.41, 5.74) is -4.91. The molecule has 11 heteroatoms. The van der Waals surface area contributed by atoms with Gasteiger partial charge < -0.3 is 15.2 Å². The molecule has 1 saturated heterocycles. The van der Waals surface area contributed by atoms with Crippen molar-refractivity contribution in [3.8, 4) is 0 Å². The highest BCUT2D eigenvalue weighted by Gasteiger charge is 2.75. The SMILES string of the molecule is CC(I)(C(=O)OC1CCCCC1C(O)(C(F)(F)F)C(F)(F)F)C1CN1. The van der Waals surface area contributed by atoms with E-state index >= 15 is 0 Å². The Hall–Kier alpha value is -0.300. The zero-order valence-corrected chi connectivity index (χ0v) is 15.3. The summed E-state index contributed by atoms with van der Waals surface area (Å²) in [6, 6.07) is -0.244. The second-order valence-electron chi connectivity index (χ2n) is 6.63. The monoisotopic (exact) mass is 489 g/mol. The van der Waals surface area contributed by atoms with Crippen molar-refractivity contribution in [3.05, 3.63) is 0 Å². The zero-order chi connectivity index (χ0) is 19.3. The minimum absolute atomic E-state index is 0.0822. The molecular weight excluding hydrogens is 471 g/mol. The Labute approximate surface area is 153 Å². The average molecular weight is 489 g/mol. The maximum atomic E-state index is 13.1. The van der Waals surface area contributed by atoms with E-state index in [1.54, 1.807) is 22.6 Å². The van der Waals surface area contributed by atoms with Gasteiger partial charge in [-0.15, -0.1) is 0 Å². The van der Waals surface area contributed by atoms with Crippen molar-refractivity contribution in [2.24, 2.45) is 5.92 Å². The van der Waals surface area contributed by atoms with Gasteiger partial charge in [-0.3, -0.25) is 4.79 Å². The second kappa shape index (κ2) is 6.70. The number of ether oxygens (including phenoxy) is 1. The molecule has 0 bridgehead atoms. The molecule has 0 amide bonds. The van der Waals surface area contributed by atoms with Gasteiger partial charge in [0.15, 0.2) is 0 Å². The van der Waals surface area contributed by atoms with Crippen LogP contribution in [0.3, 0.4) is 0 Å². The van der Waals surface area contributed by atoms with E-state index in [-0.39, 0.29) is 18.9 Å². The maximum absolute atomic E-state index is 13.1. The van der Waals surface area contributed by atoms with Crippen molar-refractivity contribution in [1.29, 1.82) is 0 Å². The van der Waals surface area contributed by atoms with E-state index in [0.717, 1.165) is 0 Å². The van der Waals surface area contributed by atoms with Crippen LogP contribution in [0.1, 0.15) is 32.6 Å². The van der Waals surface area contributed by atoms with E-state index in [2.05, 4.69) is 5.32 Å². The lowest BCUT2D eigenvalue weighted by Crippen LogP contribution is -2.65. The van der Waals surface area contributed by atoms with Crippen molar-refractivity contribution >= 4 is 28.6 Å². The lowest BCUT2D eigenvalue weighted by atomic mass is 9.74. The Morgan fingerprint density at radius 2 is 1.60 bits per heavy atom. The molecular formula is C14H18F6INO3. The third-order valence-electron chi connectivity index (χ3n) is 4.82. The Balaban J connectivity index is 2.28. The van der Waals surface area contributed by atoms with Gasteiger partial charge in [-0.25, -0.2) is 0 Å². The summed E-state index contributed by atoms with van der Waals surface area (Å²) in [6.07, 6.45) is -13.8. The number of carbonyl (C=O) groups is 1. The van der Waals surface area contributed by atoms with Crippen molar-refractivity contribution in [1.82, 2.24) is 5.32 Å². The molecule has 0 radical (unpaired) electrons. The molecule has 1 aliphatic heterocycles. The van der Waals surface area contributed by atoms with Crippen LogP contribution in [-0.4, -0.2) is 51.1 Å². The highest BCUT2D eigenvalue weighted by Crippen LogP contribution is 2.52. The molecule has 0 aromatic carbocycles. The smallest absolute Gasteiger partial charge is 0.426 e. The molecule has 2 rings (SSSR count). The van der Waals surface area contributed by atoms with Crippen molar-refractivity contribution in [3.63, 3.8) is 0 Å². The largest absolute Gasteiger partial charge is 0.461 e. The highest BCUT2D eigenvalue weighted by atomic mass is 127. The van der Waals surface area contributed by atoms with Gasteiger partial charge in [0.05, 0.1) is 0 Å². The first kappa shape index (κ1) is 21.0. The molecule has 146 valence electrons. The van der Waals surface area contributed by atoms with Gasteiger partial charge in [-0.1, -0.05) is 29.0 Å². The number of hydrogen-bond acceptors (Lipinski definition) is 4. The van der Waals surface area contributed by atoms with E-state index in [1.807, 2.05) is 0 Å². The van der Waals surface area contributed by atoms with E-state index in [0.29, 0.717) is 13.0 Å². The molecule has 0 aromatic rings. The average Bonchev–Trinajstić information content (AvgIpc) is 3.29. The number of aliphatic hydroxyl groups is 1. The van der Waals surface area contributed by atoms with Gasteiger partial charge in [-0.2, -0.15) is 26.3 Å². The predicted molar refractivity (Wildman–Crippen MR) is 83.1 cm³/mol. The summed E-state index contributed by atoms with van der Waals surface area (Å²) >= 11 is 1.77. The molecule has 2 aliphatic rings. The van der Waals surface area contributed by atoms with Crippen LogP contribution >= 0.6 is 22.6 Å². The summed E-state index contributed by atoms with van der Waals surface area (Å²) in [7, 11) is 0. The van der Waals surface area contributed by atoms with E-state index in [1.165, 1.54) is 6.92 Å². The topological polar surface area (TPSA) is 68.5 Å².